The van der Waals surface area contributed by atoms with Gasteiger partial charge in [-0.05, 0) is 46.4 Å². The number of fused-ring (bicyclic) bond motifs is 1. The predicted molar refractivity (Wildman–Crippen MR) is 78.7 cm³/mol. The van der Waals surface area contributed by atoms with Crippen molar-refractivity contribution in [1.29, 1.82) is 0 Å². The molecule has 0 atom stereocenters. The molecule has 3 rings (SSSR count). The molecule has 17 heavy (non-hydrogen) atoms. The highest BCUT2D eigenvalue weighted by Crippen LogP contribution is 2.25. The van der Waals surface area contributed by atoms with E-state index in [4.69, 9.17) is 5.73 Å². The lowest BCUT2D eigenvalue weighted by Gasteiger charge is -2.02. The third kappa shape index (κ3) is 1.88. The van der Waals surface area contributed by atoms with Crippen molar-refractivity contribution >= 4 is 39.3 Å². The molecule has 0 aliphatic heterocycles. The molecule has 0 unspecified atom stereocenters. The number of nitrogens with zero attached hydrogens (tertiary/aromatic N) is 1. The first-order chi connectivity index (χ1) is 8.24. The van der Waals surface area contributed by atoms with Gasteiger partial charge in [0.15, 0.2) is 0 Å². The van der Waals surface area contributed by atoms with Gasteiger partial charge in [-0.1, -0.05) is 12.1 Å². The number of halogens is 1. The van der Waals surface area contributed by atoms with Crippen molar-refractivity contribution in [3.8, 4) is 11.1 Å². The number of aromatic amines is 1. The summed E-state index contributed by atoms with van der Waals surface area (Å²) in [5, 5.41) is 1.15. The van der Waals surface area contributed by atoms with E-state index in [1.54, 1.807) is 0 Å². The Morgan fingerprint density at radius 1 is 1.12 bits per heavy atom. The molecule has 3 nitrogen and oxygen atoms in total. The Hall–Kier alpha value is -1.56. The highest BCUT2D eigenvalue weighted by atomic mass is 127. The van der Waals surface area contributed by atoms with Crippen LogP contribution >= 0.6 is 22.6 Å². The van der Waals surface area contributed by atoms with Gasteiger partial charge in [0.05, 0.1) is 0 Å². The van der Waals surface area contributed by atoms with Gasteiger partial charge in [-0.3, -0.25) is 0 Å². The first-order valence-corrected chi connectivity index (χ1v) is 6.30. The van der Waals surface area contributed by atoms with E-state index in [-0.39, 0.29) is 0 Å². The number of hydrogen-bond acceptors (Lipinski definition) is 2. The molecule has 4 heteroatoms. The first-order valence-electron chi connectivity index (χ1n) is 5.22. The van der Waals surface area contributed by atoms with Crippen LogP contribution in [-0.2, 0) is 0 Å². The average molecular weight is 335 g/mol. The average Bonchev–Trinajstić information content (AvgIpc) is 2.72. The molecule has 0 saturated heterocycles. The smallest absolute Gasteiger partial charge is 0.138 e. The van der Waals surface area contributed by atoms with Crippen LogP contribution in [0, 0.1) is 3.57 Å². The summed E-state index contributed by atoms with van der Waals surface area (Å²) in [6.07, 6.45) is 3.84. The van der Waals surface area contributed by atoms with Gasteiger partial charge in [-0.2, -0.15) is 0 Å². The van der Waals surface area contributed by atoms with Gasteiger partial charge in [0.1, 0.15) is 5.65 Å². The molecule has 84 valence electrons. The summed E-state index contributed by atoms with van der Waals surface area (Å²) in [7, 11) is 0. The molecule has 2 heterocycles. The Labute approximate surface area is 112 Å². The molecule has 0 saturated carbocycles. The summed E-state index contributed by atoms with van der Waals surface area (Å²) in [5.41, 5.74) is 9.62. The second kappa shape index (κ2) is 4.03. The Morgan fingerprint density at radius 2 is 1.88 bits per heavy atom. The quantitative estimate of drug-likeness (QED) is 0.529. The molecule has 0 fully saturated rings. The normalized spacial score (nSPS) is 10.9. The molecule has 0 aliphatic carbocycles. The molecule has 0 amide bonds. The Bertz CT molecular complexity index is 671. The first kappa shape index (κ1) is 10.6. The number of nitrogens with two attached hydrogens (primary N) is 1. The molecular formula is C13H10IN3. The summed E-state index contributed by atoms with van der Waals surface area (Å²) in [5.74, 6) is 0. The molecule has 1 aromatic carbocycles. The van der Waals surface area contributed by atoms with Crippen LogP contribution in [0.4, 0.5) is 5.69 Å². The standard InChI is InChI=1S/C13H10IN3/c14-12-7-17-13-11(12)5-9(6-16-13)8-1-3-10(15)4-2-8/h1-7H,15H2,(H,16,17). The number of H-pyrrole nitrogens is 1. The zero-order chi connectivity index (χ0) is 11.8. The number of anilines is 1. The largest absolute Gasteiger partial charge is 0.399 e. The van der Waals surface area contributed by atoms with E-state index in [0.717, 1.165) is 27.8 Å². The van der Waals surface area contributed by atoms with Crippen molar-refractivity contribution in [3.05, 3.63) is 46.3 Å². The third-order valence-electron chi connectivity index (χ3n) is 2.72. The highest BCUT2D eigenvalue weighted by Gasteiger charge is 2.04. The minimum Gasteiger partial charge on any atom is -0.399 e. The number of nitrogen functional groups attached to an aromatic ring is 1. The van der Waals surface area contributed by atoms with Crippen LogP contribution in [0.1, 0.15) is 0 Å². The van der Waals surface area contributed by atoms with Crippen LogP contribution in [0.25, 0.3) is 22.2 Å². The van der Waals surface area contributed by atoms with Gasteiger partial charge in [-0.15, -0.1) is 0 Å². The van der Waals surface area contributed by atoms with Crippen LogP contribution in [0.15, 0.2) is 42.7 Å². The van der Waals surface area contributed by atoms with Gasteiger partial charge in [0.25, 0.3) is 0 Å². The second-order valence-electron chi connectivity index (χ2n) is 3.88. The van der Waals surface area contributed by atoms with E-state index < -0.39 is 0 Å². The van der Waals surface area contributed by atoms with Gasteiger partial charge in [0, 0.05) is 32.6 Å². The predicted octanol–water partition coefficient (Wildman–Crippen LogP) is 3.42. The maximum Gasteiger partial charge on any atom is 0.138 e. The summed E-state index contributed by atoms with van der Waals surface area (Å²) in [6, 6.07) is 9.98. The fraction of sp³-hybridized carbons (Fsp3) is 0. The number of hydrogen-bond donors (Lipinski definition) is 2. The lowest BCUT2D eigenvalue weighted by Crippen LogP contribution is -1.85. The fourth-order valence-corrected chi connectivity index (χ4v) is 2.37. The number of benzene rings is 1. The number of aromatic nitrogens is 2. The summed E-state index contributed by atoms with van der Waals surface area (Å²) < 4.78 is 1.18. The van der Waals surface area contributed by atoms with Crippen molar-refractivity contribution in [2.45, 2.75) is 0 Å². The lowest BCUT2D eigenvalue weighted by atomic mass is 10.1. The molecule has 0 radical (unpaired) electrons. The van der Waals surface area contributed by atoms with Crippen molar-refractivity contribution in [3.63, 3.8) is 0 Å². The zero-order valence-electron chi connectivity index (χ0n) is 8.94. The molecule has 3 aromatic rings. The molecule has 0 aliphatic rings. The Balaban J connectivity index is 2.17. The SMILES string of the molecule is Nc1ccc(-c2cnc3[nH]cc(I)c3c2)cc1. The number of rotatable bonds is 1. The van der Waals surface area contributed by atoms with Gasteiger partial charge >= 0.3 is 0 Å². The maximum atomic E-state index is 5.68. The van der Waals surface area contributed by atoms with E-state index in [0.29, 0.717) is 0 Å². The van der Waals surface area contributed by atoms with E-state index >= 15 is 0 Å². The van der Waals surface area contributed by atoms with Crippen LogP contribution in [-0.4, -0.2) is 9.97 Å². The summed E-state index contributed by atoms with van der Waals surface area (Å²) in [6.45, 7) is 0. The minimum atomic E-state index is 0.777. The topological polar surface area (TPSA) is 54.7 Å². The molecular weight excluding hydrogens is 325 g/mol. The number of nitrogens with one attached hydrogen (secondary N) is 1. The summed E-state index contributed by atoms with van der Waals surface area (Å²) in [4.78, 5) is 7.55. The Kier molecular flexibility index (Phi) is 2.51. The number of pyridine rings is 1. The van der Waals surface area contributed by atoms with E-state index in [1.807, 2.05) is 36.7 Å². The van der Waals surface area contributed by atoms with E-state index in [1.165, 1.54) is 3.57 Å². The molecule has 2 aromatic heterocycles. The Morgan fingerprint density at radius 3 is 2.65 bits per heavy atom. The van der Waals surface area contributed by atoms with E-state index in [2.05, 4.69) is 38.6 Å². The van der Waals surface area contributed by atoms with E-state index in [9.17, 15) is 0 Å². The molecule has 0 bridgehead atoms. The van der Waals surface area contributed by atoms with Crippen LogP contribution < -0.4 is 5.73 Å². The zero-order valence-corrected chi connectivity index (χ0v) is 11.1. The minimum absolute atomic E-state index is 0.777. The lowest BCUT2D eigenvalue weighted by molar-refractivity contribution is 1.32. The van der Waals surface area contributed by atoms with Gasteiger partial charge < -0.3 is 10.7 Å². The second-order valence-corrected chi connectivity index (χ2v) is 5.04. The van der Waals surface area contributed by atoms with Crippen LogP contribution in [0.3, 0.4) is 0 Å². The van der Waals surface area contributed by atoms with Crippen LogP contribution in [0.2, 0.25) is 0 Å². The summed E-state index contributed by atoms with van der Waals surface area (Å²) >= 11 is 2.30. The van der Waals surface area contributed by atoms with Gasteiger partial charge in [-0.25, -0.2) is 4.98 Å². The molecule has 0 spiro atoms. The highest BCUT2D eigenvalue weighted by molar-refractivity contribution is 14.1. The third-order valence-corrected chi connectivity index (χ3v) is 3.62. The van der Waals surface area contributed by atoms with Crippen molar-refractivity contribution in [1.82, 2.24) is 9.97 Å². The monoisotopic (exact) mass is 335 g/mol. The fourth-order valence-electron chi connectivity index (χ4n) is 1.80. The maximum absolute atomic E-state index is 5.68. The van der Waals surface area contributed by atoms with Crippen molar-refractivity contribution < 1.29 is 0 Å². The van der Waals surface area contributed by atoms with Crippen molar-refractivity contribution in [2.75, 3.05) is 5.73 Å². The van der Waals surface area contributed by atoms with Gasteiger partial charge in [0.2, 0.25) is 0 Å². The van der Waals surface area contributed by atoms with Crippen molar-refractivity contribution in [2.24, 2.45) is 0 Å². The van der Waals surface area contributed by atoms with Crippen LogP contribution in [0.5, 0.6) is 0 Å². The molecule has 3 N–H and O–H groups in total.